The number of halogens is 5. The normalized spacial score (nSPS) is 12.0. The monoisotopic (exact) mass is 298 g/mol. The van der Waals surface area contributed by atoms with Gasteiger partial charge in [-0.15, -0.1) is 0 Å². The number of pyridine rings is 1. The average molecular weight is 298 g/mol. The number of hydrogen-bond acceptors (Lipinski definition) is 1. The molecule has 7 heteroatoms. The van der Waals surface area contributed by atoms with Gasteiger partial charge in [-0.2, -0.15) is 13.2 Å². The minimum Gasteiger partial charge on any atom is -0.306 e. The van der Waals surface area contributed by atoms with Gasteiger partial charge in [-0.25, -0.2) is 13.8 Å². The number of imidazole rings is 1. The molecule has 0 radical (unpaired) electrons. The second kappa shape index (κ2) is 4.54. The average Bonchev–Trinajstić information content (AvgIpc) is 2.80. The molecule has 0 amide bonds. The molecule has 0 saturated carbocycles. The molecule has 2 heterocycles. The number of aromatic nitrogens is 2. The Morgan fingerprint density at radius 2 is 1.62 bits per heavy atom. The SMILES string of the molecule is Fc1cccc(F)c1-c1cn2cccc(C(F)(F)F)c2n1. The first-order valence-corrected chi connectivity index (χ1v) is 5.87. The van der Waals surface area contributed by atoms with Crippen LogP contribution in [0.5, 0.6) is 0 Å². The zero-order valence-corrected chi connectivity index (χ0v) is 10.3. The van der Waals surface area contributed by atoms with Crippen LogP contribution in [-0.4, -0.2) is 9.38 Å². The Bertz CT molecular complexity index is 800. The topological polar surface area (TPSA) is 17.3 Å². The van der Waals surface area contributed by atoms with Gasteiger partial charge in [0.05, 0.1) is 16.8 Å². The van der Waals surface area contributed by atoms with Crippen molar-refractivity contribution in [2.24, 2.45) is 0 Å². The molecule has 108 valence electrons. The Labute approximate surface area is 115 Å². The smallest absolute Gasteiger partial charge is 0.306 e. The van der Waals surface area contributed by atoms with Crippen molar-refractivity contribution in [1.29, 1.82) is 0 Å². The molecular weight excluding hydrogens is 291 g/mol. The number of rotatable bonds is 1. The molecule has 0 aliphatic rings. The maximum atomic E-state index is 13.7. The maximum Gasteiger partial charge on any atom is 0.419 e. The summed E-state index contributed by atoms with van der Waals surface area (Å²) in [5.41, 5.74) is -2.01. The summed E-state index contributed by atoms with van der Waals surface area (Å²) in [5, 5.41) is 0. The quantitative estimate of drug-likeness (QED) is 0.612. The fraction of sp³-hybridized carbons (Fsp3) is 0.0714. The molecule has 3 aromatic rings. The summed E-state index contributed by atoms with van der Waals surface area (Å²) in [6, 6.07) is 5.27. The molecule has 2 nitrogen and oxygen atoms in total. The Balaban J connectivity index is 2.28. The minimum absolute atomic E-state index is 0.192. The lowest BCUT2D eigenvalue weighted by Gasteiger charge is -2.06. The highest BCUT2D eigenvalue weighted by Crippen LogP contribution is 2.33. The number of hydrogen-bond donors (Lipinski definition) is 0. The number of alkyl halides is 3. The summed E-state index contributed by atoms with van der Waals surface area (Å²) in [5.74, 6) is -1.76. The van der Waals surface area contributed by atoms with Crippen molar-refractivity contribution in [2.45, 2.75) is 6.18 Å². The van der Waals surface area contributed by atoms with E-state index in [-0.39, 0.29) is 5.69 Å². The van der Waals surface area contributed by atoms with Gasteiger partial charge in [0.1, 0.15) is 17.3 Å². The van der Waals surface area contributed by atoms with E-state index < -0.39 is 34.6 Å². The largest absolute Gasteiger partial charge is 0.419 e. The molecule has 2 aromatic heterocycles. The van der Waals surface area contributed by atoms with Crippen molar-refractivity contribution in [3.8, 4) is 11.3 Å². The third-order valence-corrected chi connectivity index (χ3v) is 3.01. The molecule has 0 N–H and O–H groups in total. The first-order valence-electron chi connectivity index (χ1n) is 5.87. The number of nitrogens with zero attached hydrogens (tertiary/aromatic N) is 2. The zero-order chi connectivity index (χ0) is 15.2. The molecular formula is C14H7F5N2. The van der Waals surface area contributed by atoms with E-state index in [9.17, 15) is 22.0 Å². The van der Waals surface area contributed by atoms with Gasteiger partial charge < -0.3 is 4.40 Å². The van der Waals surface area contributed by atoms with E-state index in [0.29, 0.717) is 0 Å². The molecule has 0 saturated heterocycles. The molecule has 0 aliphatic heterocycles. The van der Waals surface area contributed by atoms with Crippen LogP contribution in [0.1, 0.15) is 5.56 Å². The molecule has 1 aromatic carbocycles. The van der Waals surface area contributed by atoms with Gasteiger partial charge in [0, 0.05) is 12.4 Å². The molecule has 0 aliphatic carbocycles. The maximum absolute atomic E-state index is 13.7. The predicted octanol–water partition coefficient (Wildman–Crippen LogP) is 4.30. The van der Waals surface area contributed by atoms with Gasteiger partial charge in [-0.05, 0) is 24.3 Å². The lowest BCUT2D eigenvalue weighted by molar-refractivity contribution is -0.136. The molecule has 0 spiro atoms. The zero-order valence-electron chi connectivity index (χ0n) is 10.3. The third kappa shape index (κ3) is 2.24. The summed E-state index contributed by atoms with van der Waals surface area (Å²) < 4.78 is 67.1. The van der Waals surface area contributed by atoms with Gasteiger partial charge >= 0.3 is 6.18 Å². The minimum atomic E-state index is -4.60. The second-order valence-electron chi connectivity index (χ2n) is 4.37. The summed E-state index contributed by atoms with van der Waals surface area (Å²) in [6.45, 7) is 0. The van der Waals surface area contributed by atoms with Gasteiger partial charge in [-0.3, -0.25) is 0 Å². The summed E-state index contributed by atoms with van der Waals surface area (Å²) >= 11 is 0. The highest BCUT2D eigenvalue weighted by Gasteiger charge is 2.34. The highest BCUT2D eigenvalue weighted by atomic mass is 19.4. The Kier molecular flexibility index (Phi) is 2.93. The lowest BCUT2D eigenvalue weighted by atomic mass is 10.1. The van der Waals surface area contributed by atoms with Gasteiger partial charge in [0.15, 0.2) is 0 Å². The van der Waals surface area contributed by atoms with E-state index >= 15 is 0 Å². The van der Waals surface area contributed by atoms with Crippen LogP contribution >= 0.6 is 0 Å². The predicted molar refractivity (Wildman–Crippen MR) is 65.5 cm³/mol. The van der Waals surface area contributed by atoms with Gasteiger partial charge in [0.25, 0.3) is 0 Å². The van der Waals surface area contributed by atoms with Crippen molar-refractivity contribution in [3.63, 3.8) is 0 Å². The highest BCUT2D eigenvalue weighted by molar-refractivity contribution is 5.65. The van der Waals surface area contributed by atoms with Crippen LogP contribution in [-0.2, 0) is 6.18 Å². The molecule has 0 fully saturated rings. The first kappa shape index (κ1) is 13.5. The van der Waals surface area contributed by atoms with Crippen LogP contribution in [0.4, 0.5) is 22.0 Å². The van der Waals surface area contributed by atoms with Crippen LogP contribution < -0.4 is 0 Å². The number of benzene rings is 1. The van der Waals surface area contributed by atoms with Crippen LogP contribution in [0.2, 0.25) is 0 Å². The molecule has 3 rings (SSSR count). The fourth-order valence-electron chi connectivity index (χ4n) is 2.10. The van der Waals surface area contributed by atoms with E-state index in [1.54, 1.807) is 0 Å². The van der Waals surface area contributed by atoms with E-state index in [1.807, 2.05) is 0 Å². The molecule has 0 bridgehead atoms. The van der Waals surface area contributed by atoms with Crippen molar-refractivity contribution >= 4 is 5.65 Å². The Hall–Kier alpha value is -2.44. The van der Waals surface area contributed by atoms with E-state index in [0.717, 1.165) is 28.8 Å². The summed E-state index contributed by atoms with van der Waals surface area (Å²) in [6.07, 6.45) is -2.11. The van der Waals surface area contributed by atoms with Crippen molar-refractivity contribution in [3.05, 3.63) is 59.9 Å². The van der Waals surface area contributed by atoms with E-state index in [1.165, 1.54) is 18.3 Å². The lowest BCUT2D eigenvalue weighted by Crippen LogP contribution is -2.07. The van der Waals surface area contributed by atoms with Gasteiger partial charge in [0.2, 0.25) is 0 Å². The van der Waals surface area contributed by atoms with Gasteiger partial charge in [-0.1, -0.05) is 6.07 Å². The van der Waals surface area contributed by atoms with Crippen LogP contribution in [0.15, 0.2) is 42.7 Å². The van der Waals surface area contributed by atoms with Crippen molar-refractivity contribution < 1.29 is 22.0 Å². The Morgan fingerprint density at radius 3 is 2.24 bits per heavy atom. The van der Waals surface area contributed by atoms with E-state index in [2.05, 4.69) is 4.98 Å². The third-order valence-electron chi connectivity index (χ3n) is 3.01. The number of fused-ring (bicyclic) bond motifs is 1. The van der Waals surface area contributed by atoms with Crippen molar-refractivity contribution in [1.82, 2.24) is 9.38 Å². The van der Waals surface area contributed by atoms with Crippen LogP contribution in [0.3, 0.4) is 0 Å². The summed E-state index contributed by atoms with van der Waals surface area (Å²) in [7, 11) is 0. The molecule has 21 heavy (non-hydrogen) atoms. The summed E-state index contributed by atoms with van der Waals surface area (Å²) in [4.78, 5) is 3.73. The van der Waals surface area contributed by atoms with Crippen LogP contribution in [0, 0.1) is 11.6 Å². The Morgan fingerprint density at radius 1 is 0.952 bits per heavy atom. The molecule has 0 unspecified atom stereocenters. The second-order valence-corrected chi connectivity index (χ2v) is 4.37. The molecule has 0 atom stereocenters. The van der Waals surface area contributed by atoms with Crippen LogP contribution in [0.25, 0.3) is 16.9 Å². The fourth-order valence-corrected chi connectivity index (χ4v) is 2.10. The first-order chi connectivity index (χ1) is 9.88. The standard InChI is InChI=1S/C14H7F5N2/c15-9-4-1-5-10(16)12(9)11-7-21-6-2-3-8(13(21)20-11)14(17,18)19/h1-7H. The van der Waals surface area contributed by atoms with E-state index in [4.69, 9.17) is 0 Å². The van der Waals surface area contributed by atoms with Crippen molar-refractivity contribution in [2.75, 3.05) is 0 Å².